The van der Waals surface area contributed by atoms with Crippen LogP contribution in [0, 0.1) is 5.82 Å². The van der Waals surface area contributed by atoms with E-state index in [0.29, 0.717) is 6.29 Å². The third-order valence-corrected chi connectivity index (χ3v) is 2.18. The number of benzene rings is 1. The Labute approximate surface area is 82.5 Å². The van der Waals surface area contributed by atoms with Crippen molar-refractivity contribution < 1.29 is 19.2 Å². The molecule has 1 rings (SSSR count). The van der Waals surface area contributed by atoms with Crippen molar-refractivity contribution in [3.8, 4) is 0 Å². The van der Waals surface area contributed by atoms with Gasteiger partial charge in [0.05, 0.1) is 0 Å². The van der Waals surface area contributed by atoms with E-state index >= 15 is 0 Å². The molecule has 0 atom stereocenters. The highest BCUT2D eigenvalue weighted by Gasteiger charge is 2.19. The minimum atomic E-state index is -1.85. The summed E-state index contributed by atoms with van der Waals surface area (Å²) in [5, 5.41) is 17.6. The zero-order valence-electron chi connectivity index (χ0n) is 6.37. The lowest BCUT2D eigenvalue weighted by Gasteiger charge is -2.05. The van der Waals surface area contributed by atoms with Crippen molar-refractivity contribution in [2.45, 2.75) is 0 Å². The van der Waals surface area contributed by atoms with Gasteiger partial charge in [-0.1, -0.05) is 0 Å². The summed E-state index contributed by atoms with van der Waals surface area (Å²) in [5.41, 5.74) is -0.113. The highest BCUT2D eigenvalue weighted by Crippen LogP contribution is 2.14. The summed E-state index contributed by atoms with van der Waals surface area (Å²) in [7, 11) is -1.85. The first-order valence-electron chi connectivity index (χ1n) is 3.36. The molecule has 0 saturated carbocycles. The second kappa shape index (κ2) is 4.00. The first-order chi connectivity index (χ1) is 6.06. The summed E-state index contributed by atoms with van der Waals surface area (Å²) >= 11 is 2.93. The Bertz CT molecular complexity index is 343. The minimum absolute atomic E-state index is 0.0383. The Hall–Kier alpha value is -0.715. The molecule has 0 fully saturated rings. The van der Waals surface area contributed by atoms with Gasteiger partial charge in [0.15, 0.2) is 6.29 Å². The van der Waals surface area contributed by atoms with Gasteiger partial charge in [0.25, 0.3) is 0 Å². The lowest BCUT2D eigenvalue weighted by atomic mass is 9.77. The number of hydrogen-bond acceptors (Lipinski definition) is 3. The lowest BCUT2D eigenvalue weighted by molar-refractivity contribution is 0.112. The van der Waals surface area contributed by atoms with Crippen LogP contribution in [-0.2, 0) is 0 Å². The number of halogens is 2. The van der Waals surface area contributed by atoms with Crippen molar-refractivity contribution in [2.24, 2.45) is 0 Å². The second-order valence-electron chi connectivity index (χ2n) is 2.38. The Kier molecular flexibility index (Phi) is 3.19. The SMILES string of the molecule is O=Cc1c(Br)cc(F)cc1B(O)O. The van der Waals surface area contributed by atoms with Gasteiger partial charge in [0.1, 0.15) is 5.82 Å². The van der Waals surface area contributed by atoms with Gasteiger partial charge in [-0.2, -0.15) is 0 Å². The molecule has 0 unspecified atom stereocenters. The molecule has 0 radical (unpaired) electrons. The molecule has 3 nitrogen and oxygen atoms in total. The van der Waals surface area contributed by atoms with Crippen LogP contribution in [0.2, 0.25) is 0 Å². The summed E-state index contributed by atoms with van der Waals surface area (Å²) in [6.07, 6.45) is 0.429. The molecule has 0 aliphatic carbocycles. The molecule has 0 aliphatic heterocycles. The molecule has 0 bridgehead atoms. The van der Waals surface area contributed by atoms with Crippen molar-refractivity contribution in [3.63, 3.8) is 0 Å². The average molecular weight is 247 g/mol. The van der Waals surface area contributed by atoms with Crippen LogP contribution in [0.4, 0.5) is 4.39 Å². The fourth-order valence-electron chi connectivity index (χ4n) is 0.943. The maximum Gasteiger partial charge on any atom is 0.489 e. The molecular formula is C7H5BBrFO3. The molecule has 0 aliphatic rings. The van der Waals surface area contributed by atoms with Gasteiger partial charge < -0.3 is 10.0 Å². The van der Waals surface area contributed by atoms with E-state index in [0.717, 1.165) is 12.1 Å². The topological polar surface area (TPSA) is 57.5 Å². The third kappa shape index (κ3) is 2.15. The van der Waals surface area contributed by atoms with Crippen LogP contribution in [0.3, 0.4) is 0 Å². The van der Waals surface area contributed by atoms with E-state index in [9.17, 15) is 9.18 Å². The highest BCUT2D eigenvalue weighted by molar-refractivity contribution is 9.10. The van der Waals surface area contributed by atoms with Crippen LogP contribution in [0.5, 0.6) is 0 Å². The first kappa shape index (κ1) is 10.4. The Morgan fingerprint density at radius 2 is 2.08 bits per heavy atom. The van der Waals surface area contributed by atoms with Crippen molar-refractivity contribution in [1.82, 2.24) is 0 Å². The summed E-state index contributed by atoms with van der Waals surface area (Å²) < 4.78 is 12.9. The number of hydrogen-bond donors (Lipinski definition) is 2. The van der Waals surface area contributed by atoms with Crippen LogP contribution in [0.15, 0.2) is 16.6 Å². The molecule has 68 valence electrons. The van der Waals surface area contributed by atoms with E-state index in [1.54, 1.807) is 0 Å². The zero-order chi connectivity index (χ0) is 10.0. The molecule has 13 heavy (non-hydrogen) atoms. The Morgan fingerprint density at radius 3 is 2.54 bits per heavy atom. The molecular weight excluding hydrogens is 242 g/mol. The highest BCUT2D eigenvalue weighted by atomic mass is 79.9. The fraction of sp³-hybridized carbons (Fsp3) is 0. The van der Waals surface area contributed by atoms with E-state index in [1.165, 1.54) is 0 Å². The summed E-state index contributed by atoms with van der Waals surface area (Å²) in [6, 6.07) is 1.98. The molecule has 0 heterocycles. The molecule has 0 saturated heterocycles. The molecule has 2 N–H and O–H groups in total. The number of aldehydes is 1. The minimum Gasteiger partial charge on any atom is -0.423 e. The van der Waals surface area contributed by atoms with Crippen molar-refractivity contribution in [2.75, 3.05) is 0 Å². The predicted molar refractivity (Wildman–Crippen MR) is 49.3 cm³/mol. The predicted octanol–water partition coefficient (Wildman–Crippen LogP) is 0.0805. The van der Waals surface area contributed by atoms with Crippen LogP contribution in [0.1, 0.15) is 10.4 Å². The zero-order valence-corrected chi connectivity index (χ0v) is 7.95. The van der Waals surface area contributed by atoms with Gasteiger partial charge in [0, 0.05) is 10.0 Å². The lowest BCUT2D eigenvalue weighted by Crippen LogP contribution is -2.33. The standard InChI is InChI=1S/C7H5BBrFO3/c9-7-2-4(10)1-6(8(12)13)5(7)3-11/h1-3,12-13H. The van der Waals surface area contributed by atoms with E-state index in [1.807, 2.05) is 0 Å². The molecule has 6 heteroatoms. The Morgan fingerprint density at radius 1 is 1.46 bits per heavy atom. The molecule has 1 aromatic rings. The van der Waals surface area contributed by atoms with Gasteiger partial charge in [0.2, 0.25) is 0 Å². The summed E-state index contributed by atoms with van der Waals surface area (Å²) in [4.78, 5) is 10.5. The normalized spacial score (nSPS) is 9.85. The van der Waals surface area contributed by atoms with Gasteiger partial charge in [-0.25, -0.2) is 4.39 Å². The van der Waals surface area contributed by atoms with Gasteiger partial charge in [-0.05, 0) is 33.5 Å². The van der Waals surface area contributed by atoms with Crippen LogP contribution < -0.4 is 5.46 Å². The van der Waals surface area contributed by atoms with E-state index in [-0.39, 0.29) is 15.5 Å². The van der Waals surface area contributed by atoms with E-state index < -0.39 is 12.9 Å². The summed E-state index contributed by atoms with van der Waals surface area (Å²) in [6.45, 7) is 0. The Balaban J connectivity index is 3.38. The largest absolute Gasteiger partial charge is 0.489 e. The fourth-order valence-corrected chi connectivity index (χ4v) is 1.48. The van der Waals surface area contributed by atoms with Crippen molar-refractivity contribution >= 4 is 34.8 Å². The molecule has 0 aromatic heterocycles. The molecule has 0 amide bonds. The van der Waals surface area contributed by atoms with Crippen LogP contribution in [-0.4, -0.2) is 23.5 Å². The number of carbonyl (C=O) groups is 1. The third-order valence-electron chi connectivity index (χ3n) is 1.52. The number of rotatable bonds is 2. The summed E-state index contributed by atoms with van der Waals surface area (Å²) in [5.74, 6) is -0.638. The van der Waals surface area contributed by atoms with E-state index in [4.69, 9.17) is 10.0 Å². The maximum atomic E-state index is 12.7. The van der Waals surface area contributed by atoms with Gasteiger partial charge >= 0.3 is 7.12 Å². The smallest absolute Gasteiger partial charge is 0.423 e. The monoisotopic (exact) mass is 246 g/mol. The van der Waals surface area contributed by atoms with Gasteiger partial charge in [-0.15, -0.1) is 0 Å². The molecule has 0 spiro atoms. The molecule has 1 aromatic carbocycles. The maximum absolute atomic E-state index is 12.7. The van der Waals surface area contributed by atoms with Crippen LogP contribution >= 0.6 is 15.9 Å². The number of carbonyl (C=O) groups excluding carboxylic acids is 1. The second-order valence-corrected chi connectivity index (χ2v) is 3.24. The van der Waals surface area contributed by atoms with Crippen molar-refractivity contribution in [3.05, 3.63) is 28.0 Å². The van der Waals surface area contributed by atoms with Gasteiger partial charge in [-0.3, -0.25) is 4.79 Å². The van der Waals surface area contributed by atoms with E-state index in [2.05, 4.69) is 15.9 Å². The van der Waals surface area contributed by atoms with Crippen molar-refractivity contribution in [1.29, 1.82) is 0 Å². The van der Waals surface area contributed by atoms with Crippen LogP contribution in [0.25, 0.3) is 0 Å². The quantitative estimate of drug-likeness (QED) is 0.574. The average Bonchev–Trinajstić information content (AvgIpc) is 2.02. The first-order valence-corrected chi connectivity index (χ1v) is 4.16.